The molecule has 2 rings (SSSR count). The van der Waals surface area contributed by atoms with Crippen molar-refractivity contribution in [3.8, 4) is 0 Å². The molecule has 6 heteroatoms. The Labute approximate surface area is 159 Å². The summed E-state index contributed by atoms with van der Waals surface area (Å²) in [5, 5.41) is 11.5. The summed E-state index contributed by atoms with van der Waals surface area (Å²) in [4.78, 5) is 6.97. The monoisotopic (exact) mass is 362 g/mol. The van der Waals surface area contributed by atoms with Gasteiger partial charge in [0.1, 0.15) is 0 Å². The van der Waals surface area contributed by atoms with Crippen molar-refractivity contribution < 1.29 is 0 Å². The zero-order chi connectivity index (χ0) is 19.1. The first kappa shape index (κ1) is 20.7. The molecule has 1 aromatic heterocycles. The molecule has 1 aliphatic heterocycles. The van der Waals surface area contributed by atoms with Crippen LogP contribution in [0.3, 0.4) is 0 Å². The van der Waals surface area contributed by atoms with Gasteiger partial charge in [-0.05, 0) is 77.6 Å². The Balaban J connectivity index is 1.70. The molecule has 0 bridgehead atoms. The van der Waals surface area contributed by atoms with E-state index in [1.807, 2.05) is 18.8 Å². The minimum atomic E-state index is 0.311. The Kier molecular flexibility index (Phi) is 7.94. The minimum absolute atomic E-state index is 0.311. The van der Waals surface area contributed by atoms with Gasteiger partial charge in [-0.1, -0.05) is 6.92 Å². The number of aromatic nitrogens is 2. The maximum atomic E-state index is 4.51. The van der Waals surface area contributed by atoms with Gasteiger partial charge < -0.3 is 15.5 Å². The van der Waals surface area contributed by atoms with Crippen LogP contribution in [0.25, 0.3) is 0 Å². The van der Waals surface area contributed by atoms with E-state index in [1.165, 1.54) is 43.7 Å². The van der Waals surface area contributed by atoms with E-state index in [4.69, 9.17) is 0 Å². The highest BCUT2D eigenvalue weighted by molar-refractivity contribution is 5.79. The third-order valence-electron chi connectivity index (χ3n) is 5.60. The number of aliphatic imine (C=N–C) groups is 1. The van der Waals surface area contributed by atoms with Crippen LogP contribution in [0, 0.1) is 19.8 Å². The molecule has 0 aromatic carbocycles. The average Bonchev–Trinajstić information content (AvgIpc) is 2.85. The number of nitrogens with one attached hydrogen (secondary N) is 2. The molecule has 1 aromatic rings. The van der Waals surface area contributed by atoms with Crippen molar-refractivity contribution in [2.75, 3.05) is 33.2 Å². The summed E-state index contributed by atoms with van der Waals surface area (Å²) in [6, 6.07) is 0.311. The number of likely N-dealkylation sites (tertiary alicyclic amines) is 1. The maximum absolute atomic E-state index is 4.51. The topological polar surface area (TPSA) is 57.5 Å². The Hall–Kier alpha value is -1.56. The average molecular weight is 363 g/mol. The van der Waals surface area contributed by atoms with E-state index in [0.717, 1.165) is 37.0 Å². The number of nitrogens with zero attached hydrogens (tertiary/aromatic N) is 4. The van der Waals surface area contributed by atoms with E-state index in [2.05, 4.69) is 53.3 Å². The maximum Gasteiger partial charge on any atom is 0.191 e. The molecule has 1 aliphatic rings. The van der Waals surface area contributed by atoms with Crippen molar-refractivity contribution in [2.45, 2.75) is 59.4 Å². The van der Waals surface area contributed by atoms with Gasteiger partial charge in [0.15, 0.2) is 5.96 Å². The molecule has 1 fully saturated rings. The van der Waals surface area contributed by atoms with Gasteiger partial charge in [-0.2, -0.15) is 5.10 Å². The van der Waals surface area contributed by atoms with Gasteiger partial charge in [-0.25, -0.2) is 0 Å². The zero-order valence-corrected chi connectivity index (χ0v) is 17.6. The molecule has 0 saturated carbocycles. The van der Waals surface area contributed by atoms with Crippen molar-refractivity contribution >= 4 is 5.96 Å². The quantitative estimate of drug-likeness (QED) is 0.444. The lowest BCUT2D eigenvalue weighted by atomic mass is 9.99. The van der Waals surface area contributed by atoms with Crippen molar-refractivity contribution in [1.29, 1.82) is 0 Å². The molecule has 6 nitrogen and oxygen atoms in total. The molecule has 148 valence electrons. The second-order valence-corrected chi connectivity index (χ2v) is 7.90. The smallest absolute Gasteiger partial charge is 0.191 e. The van der Waals surface area contributed by atoms with Gasteiger partial charge in [0, 0.05) is 32.4 Å². The molecule has 2 heterocycles. The fraction of sp³-hybridized carbons (Fsp3) is 0.800. The zero-order valence-electron chi connectivity index (χ0n) is 17.6. The summed E-state index contributed by atoms with van der Waals surface area (Å²) in [5.41, 5.74) is 3.70. The van der Waals surface area contributed by atoms with Crippen molar-refractivity contribution in [3.05, 3.63) is 17.0 Å². The summed E-state index contributed by atoms with van der Waals surface area (Å²) >= 11 is 0. The van der Waals surface area contributed by atoms with Crippen LogP contribution in [0.15, 0.2) is 4.99 Å². The highest BCUT2D eigenvalue weighted by Crippen LogP contribution is 2.16. The molecule has 0 radical (unpaired) electrons. The molecular weight excluding hydrogens is 324 g/mol. The second-order valence-electron chi connectivity index (χ2n) is 7.90. The predicted octanol–water partition coefficient (Wildman–Crippen LogP) is 2.25. The summed E-state index contributed by atoms with van der Waals surface area (Å²) in [7, 11) is 3.85. The van der Waals surface area contributed by atoms with Gasteiger partial charge in [-0.3, -0.25) is 9.67 Å². The van der Waals surface area contributed by atoms with Crippen LogP contribution in [0.5, 0.6) is 0 Å². The van der Waals surface area contributed by atoms with Gasteiger partial charge in [-0.15, -0.1) is 0 Å². The Morgan fingerprint density at radius 3 is 2.58 bits per heavy atom. The number of rotatable bonds is 7. The van der Waals surface area contributed by atoms with E-state index in [-0.39, 0.29) is 0 Å². The van der Waals surface area contributed by atoms with Crippen LogP contribution >= 0.6 is 0 Å². The van der Waals surface area contributed by atoms with E-state index in [1.54, 1.807) is 0 Å². The molecular formula is C20H38N6. The summed E-state index contributed by atoms with van der Waals surface area (Å²) in [6.45, 7) is 13.4. The lowest BCUT2D eigenvalue weighted by Gasteiger charge is -2.30. The van der Waals surface area contributed by atoms with Gasteiger partial charge in [0.05, 0.1) is 5.69 Å². The largest absolute Gasteiger partial charge is 0.356 e. The number of hydrogen-bond donors (Lipinski definition) is 2. The lowest BCUT2D eigenvalue weighted by molar-refractivity contribution is 0.191. The minimum Gasteiger partial charge on any atom is -0.356 e. The molecule has 2 N–H and O–H groups in total. The fourth-order valence-corrected chi connectivity index (χ4v) is 3.69. The van der Waals surface area contributed by atoms with Crippen molar-refractivity contribution in [1.82, 2.24) is 25.3 Å². The summed E-state index contributed by atoms with van der Waals surface area (Å²) in [5.74, 6) is 1.80. The molecule has 1 saturated heterocycles. The number of hydrogen-bond acceptors (Lipinski definition) is 3. The molecule has 1 atom stereocenters. The first-order chi connectivity index (χ1) is 12.4. The van der Waals surface area contributed by atoms with Gasteiger partial charge >= 0.3 is 0 Å². The lowest BCUT2D eigenvalue weighted by Crippen LogP contribution is -2.44. The normalized spacial score (nSPS) is 18.2. The molecule has 26 heavy (non-hydrogen) atoms. The third kappa shape index (κ3) is 6.01. The third-order valence-corrected chi connectivity index (χ3v) is 5.60. The highest BCUT2D eigenvalue weighted by atomic mass is 15.3. The van der Waals surface area contributed by atoms with E-state index in [9.17, 15) is 0 Å². The van der Waals surface area contributed by atoms with Crippen LogP contribution in [-0.4, -0.2) is 59.9 Å². The first-order valence-corrected chi connectivity index (χ1v) is 10.1. The van der Waals surface area contributed by atoms with Crippen LogP contribution in [0.2, 0.25) is 0 Å². The first-order valence-electron chi connectivity index (χ1n) is 10.1. The standard InChI is InChI=1S/C20H38N6/c1-15-8-12-26(13-9-15)11-7-10-22-20(21-5)23-16(2)14-19-17(3)24-25(6)18(19)4/h15-16H,7-14H2,1-6H3,(H2,21,22,23). The Morgan fingerprint density at radius 2 is 2.00 bits per heavy atom. The summed E-state index contributed by atoms with van der Waals surface area (Å²) in [6.07, 6.45) is 4.81. The fourth-order valence-electron chi connectivity index (χ4n) is 3.69. The SMILES string of the molecule is CN=C(NCCCN1CCC(C)CC1)NC(C)Cc1c(C)nn(C)c1C. The van der Waals surface area contributed by atoms with Gasteiger partial charge in [0.25, 0.3) is 0 Å². The van der Waals surface area contributed by atoms with E-state index >= 15 is 0 Å². The number of guanidine groups is 1. The van der Waals surface area contributed by atoms with Crippen LogP contribution in [0.1, 0.15) is 50.1 Å². The Bertz CT molecular complexity index is 583. The van der Waals surface area contributed by atoms with Gasteiger partial charge in [0.2, 0.25) is 0 Å². The van der Waals surface area contributed by atoms with Crippen molar-refractivity contribution in [2.24, 2.45) is 18.0 Å². The molecule has 1 unspecified atom stereocenters. The van der Waals surface area contributed by atoms with Crippen molar-refractivity contribution in [3.63, 3.8) is 0 Å². The van der Waals surface area contributed by atoms with Crippen LogP contribution in [-0.2, 0) is 13.5 Å². The van der Waals surface area contributed by atoms with Crippen LogP contribution < -0.4 is 10.6 Å². The highest BCUT2D eigenvalue weighted by Gasteiger charge is 2.16. The Morgan fingerprint density at radius 1 is 1.31 bits per heavy atom. The van der Waals surface area contributed by atoms with E-state index in [0.29, 0.717) is 6.04 Å². The second kappa shape index (κ2) is 9.95. The molecule has 0 aliphatic carbocycles. The predicted molar refractivity (Wildman–Crippen MR) is 110 cm³/mol. The summed E-state index contributed by atoms with van der Waals surface area (Å²) < 4.78 is 1.96. The van der Waals surface area contributed by atoms with E-state index < -0.39 is 0 Å². The van der Waals surface area contributed by atoms with Crippen LogP contribution in [0.4, 0.5) is 0 Å². The number of piperidine rings is 1. The number of aryl methyl sites for hydroxylation is 2. The molecule has 0 spiro atoms. The molecule has 0 amide bonds.